The van der Waals surface area contributed by atoms with Crippen LogP contribution in [-0.2, 0) is 11.3 Å². The highest BCUT2D eigenvalue weighted by Gasteiger charge is 2.33. The largest absolute Gasteiger partial charge is 0.416 e. The zero-order chi connectivity index (χ0) is 30.4. The molecule has 0 spiro atoms. The molecule has 0 bridgehead atoms. The van der Waals surface area contributed by atoms with Crippen molar-refractivity contribution < 1.29 is 22.4 Å². The third kappa shape index (κ3) is 7.39. The maximum atomic E-state index is 13.9. The number of nitrogens with one attached hydrogen (secondary N) is 3. The number of pyridine rings is 2. The Kier molecular flexibility index (Phi) is 9.04. The van der Waals surface area contributed by atoms with Gasteiger partial charge in [0.15, 0.2) is 5.65 Å². The summed E-state index contributed by atoms with van der Waals surface area (Å²) in [5, 5.41) is 12.9. The van der Waals surface area contributed by atoms with E-state index >= 15 is 0 Å². The number of aromatic amines is 1. The molecular weight excluding hydrogens is 550 g/mol. The van der Waals surface area contributed by atoms with Gasteiger partial charge in [-0.1, -0.05) is 42.8 Å². The van der Waals surface area contributed by atoms with E-state index in [9.17, 15) is 22.4 Å². The number of rotatable bonds is 9. The smallest absolute Gasteiger partial charge is 0.384 e. The lowest BCUT2D eigenvalue weighted by Crippen LogP contribution is -2.22. The normalized spacial score (nSPS) is 13.2. The summed E-state index contributed by atoms with van der Waals surface area (Å²) < 4.78 is 55.1. The van der Waals surface area contributed by atoms with Crippen molar-refractivity contribution in [2.45, 2.75) is 39.9 Å². The quantitative estimate of drug-likeness (QED) is 0.101. The zero-order valence-electron chi connectivity index (χ0n) is 23.1. The van der Waals surface area contributed by atoms with Gasteiger partial charge in [-0.2, -0.15) is 18.3 Å². The number of nitrogens with zero attached hydrogens (tertiary/aromatic N) is 3. The first kappa shape index (κ1) is 30.0. The Morgan fingerprint density at radius 2 is 1.76 bits per heavy atom. The molecule has 0 aliphatic carbocycles. The first-order valence-electron chi connectivity index (χ1n) is 13.0. The molecule has 0 atom stereocenters. The number of nitrogen functional groups attached to an aromatic ring is 1. The third-order valence-corrected chi connectivity index (χ3v) is 6.49. The lowest BCUT2D eigenvalue weighted by Gasteiger charge is -2.15. The van der Waals surface area contributed by atoms with Crippen molar-refractivity contribution in [3.05, 3.63) is 101 Å². The van der Waals surface area contributed by atoms with Gasteiger partial charge in [-0.05, 0) is 55.7 Å². The molecule has 0 fully saturated rings. The number of benzene rings is 1. The van der Waals surface area contributed by atoms with Crippen LogP contribution in [0.3, 0.4) is 0 Å². The minimum atomic E-state index is -4.70. The van der Waals surface area contributed by atoms with Gasteiger partial charge in [0.1, 0.15) is 17.5 Å². The molecule has 1 amide bonds. The molecule has 0 unspecified atom stereocenters. The fourth-order valence-corrected chi connectivity index (χ4v) is 3.93. The van der Waals surface area contributed by atoms with Gasteiger partial charge in [0, 0.05) is 24.0 Å². The number of carbonyl (C=O) groups is 1. The molecule has 0 aliphatic heterocycles. The van der Waals surface area contributed by atoms with Gasteiger partial charge in [-0.3, -0.25) is 9.89 Å². The van der Waals surface area contributed by atoms with Crippen LogP contribution in [0.25, 0.3) is 22.2 Å². The van der Waals surface area contributed by atoms with E-state index in [2.05, 4.69) is 30.8 Å². The molecule has 42 heavy (non-hydrogen) atoms. The standard InChI is InChI=1S/C30H29F4N7O/c1-4-17(2)11-22(30(32,33)34)13-24(29(42)39-26-10-9-23(31)16-37-26)18(3)36-14-19-5-7-20(8-6-19)21-12-25-27(35)40-41-28(25)38-15-21/h5-13,15-16,36H,4,14H2,1-3H3,(H,37,39,42)(H3,35,38,40,41)/b17-11+,22-13+,24-18-. The SMILES string of the molecule is CC/C(C)=C/C(=C\C(C(=O)Nc1ccc(F)cn1)=C(/C)NCc1ccc(-c2cnc3n[nH]c(N)c3c2)cc1)C(F)(F)F. The monoisotopic (exact) mass is 579 g/mol. The first-order valence-corrected chi connectivity index (χ1v) is 13.0. The topological polar surface area (TPSA) is 122 Å². The highest BCUT2D eigenvalue weighted by atomic mass is 19.4. The molecular formula is C30H29F4N7O. The van der Waals surface area contributed by atoms with Crippen LogP contribution in [0.1, 0.15) is 32.8 Å². The van der Waals surface area contributed by atoms with Crippen molar-refractivity contribution in [1.82, 2.24) is 25.5 Å². The van der Waals surface area contributed by atoms with E-state index in [0.29, 0.717) is 28.8 Å². The van der Waals surface area contributed by atoms with Crippen LogP contribution < -0.4 is 16.4 Å². The van der Waals surface area contributed by atoms with Gasteiger partial charge in [-0.15, -0.1) is 0 Å². The molecule has 4 aromatic rings. The number of H-pyrrole nitrogens is 1. The Morgan fingerprint density at radius 1 is 1.02 bits per heavy atom. The number of fused-ring (bicyclic) bond motifs is 1. The van der Waals surface area contributed by atoms with E-state index in [1.165, 1.54) is 13.0 Å². The van der Waals surface area contributed by atoms with Crippen LogP contribution in [0.2, 0.25) is 0 Å². The second kappa shape index (κ2) is 12.7. The lowest BCUT2D eigenvalue weighted by atomic mass is 10.0. The summed E-state index contributed by atoms with van der Waals surface area (Å²) in [6.45, 7) is 5.06. The molecule has 3 heterocycles. The summed E-state index contributed by atoms with van der Waals surface area (Å²) in [5.74, 6) is -1.04. The maximum Gasteiger partial charge on any atom is 0.416 e. The van der Waals surface area contributed by atoms with Crippen LogP contribution in [0, 0.1) is 5.82 Å². The molecule has 218 valence electrons. The Hall–Kier alpha value is -5.00. The van der Waals surface area contributed by atoms with E-state index in [1.807, 2.05) is 30.3 Å². The molecule has 0 saturated carbocycles. The average molecular weight is 580 g/mol. The summed E-state index contributed by atoms with van der Waals surface area (Å²) in [5.41, 5.74) is 8.42. The van der Waals surface area contributed by atoms with Crippen molar-refractivity contribution in [2.75, 3.05) is 11.1 Å². The number of halogens is 4. The number of amides is 1. The zero-order valence-corrected chi connectivity index (χ0v) is 23.1. The van der Waals surface area contributed by atoms with Gasteiger partial charge in [0.2, 0.25) is 0 Å². The molecule has 0 saturated heterocycles. The Labute approximate surface area is 239 Å². The van der Waals surface area contributed by atoms with Crippen molar-refractivity contribution in [3.63, 3.8) is 0 Å². The summed E-state index contributed by atoms with van der Waals surface area (Å²) in [6, 6.07) is 11.6. The summed E-state index contributed by atoms with van der Waals surface area (Å²) >= 11 is 0. The van der Waals surface area contributed by atoms with E-state index in [-0.39, 0.29) is 23.6 Å². The predicted molar refractivity (Wildman–Crippen MR) is 154 cm³/mol. The number of hydrogen-bond donors (Lipinski definition) is 4. The van der Waals surface area contributed by atoms with Crippen molar-refractivity contribution in [2.24, 2.45) is 0 Å². The van der Waals surface area contributed by atoms with Gasteiger partial charge in [0.05, 0.1) is 22.7 Å². The molecule has 8 nitrogen and oxygen atoms in total. The third-order valence-electron chi connectivity index (χ3n) is 6.49. The van der Waals surface area contributed by atoms with Crippen molar-refractivity contribution in [3.8, 4) is 11.1 Å². The van der Waals surface area contributed by atoms with Crippen molar-refractivity contribution >= 4 is 28.6 Å². The Bertz CT molecular complexity index is 1670. The van der Waals surface area contributed by atoms with Crippen LogP contribution in [-0.4, -0.2) is 32.2 Å². The van der Waals surface area contributed by atoms with E-state index in [1.54, 1.807) is 20.0 Å². The molecule has 5 N–H and O–H groups in total. The molecule has 3 aromatic heterocycles. The Balaban J connectivity index is 1.61. The van der Waals surface area contributed by atoms with E-state index < -0.39 is 23.5 Å². The number of alkyl halides is 3. The minimum absolute atomic E-state index is 0.00520. The number of carbonyl (C=O) groups excluding carboxylic acids is 1. The highest BCUT2D eigenvalue weighted by Crippen LogP contribution is 2.30. The summed E-state index contributed by atoms with van der Waals surface area (Å²) in [7, 11) is 0. The fourth-order valence-electron chi connectivity index (χ4n) is 3.93. The van der Waals surface area contributed by atoms with Gasteiger partial charge in [0.25, 0.3) is 5.91 Å². The number of allylic oxidation sites excluding steroid dienone is 4. The van der Waals surface area contributed by atoms with Gasteiger partial charge < -0.3 is 16.4 Å². The predicted octanol–water partition coefficient (Wildman–Crippen LogP) is 6.59. The molecule has 0 radical (unpaired) electrons. The number of hydrogen-bond acceptors (Lipinski definition) is 6. The van der Waals surface area contributed by atoms with Gasteiger partial charge in [-0.25, -0.2) is 14.4 Å². The van der Waals surface area contributed by atoms with E-state index in [4.69, 9.17) is 5.73 Å². The highest BCUT2D eigenvalue weighted by molar-refractivity contribution is 6.06. The second-order valence-electron chi connectivity index (χ2n) is 9.58. The Morgan fingerprint density at radius 3 is 2.40 bits per heavy atom. The van der Waals surface area contributed by atoms with Crippen LogP contribution in [0.15, 0.2) is 89.4 Å². The number of aromatic nitrogens is 4. The lowest BCUT2D eigenvalue weighted by molar-refractivity contribution is -0.112. The molecule has 4 rings (SSSR count). The average Bonchev–Trinajstić information content (AvgIpc) is 3.34. The fraction of sp³-hybridized carbons (Fsp3) is 0.200. The van der Waals surface area contributed by atoms with Crippen LogP contribution in [0.5, 0.6) is 0 Å². The van der Waals surface area contributed by atoms with Crippen molar-refractivity contribution in [1.29, 1.82) is 0 Å². The van der Waals surface area contributed by atoms with Crippen LogP contribution >= 0.6 is 0 Å². The molecule has 12 heteroatoms. The maximum absolute atomic E-state index is 13.9. The summed E-state index contributed by atoms with van der Waals surface area (Å²) in [6.07, 6.45) is 0.0994. The van der Waals surface area contributed by atoms with Gasteiger partial charge >= 0.3 is 6.18 Å². The second-order valence-corrected chi connectivity index (χ2v) is 9.58. The molecule has 1 aromatic carbocycles. The number of anilines is 2. The number of nitrogens with two attached hydrogens (primary N) is 1. The first-order chi connectivity index (χ1) is 19.9. The van der Waals surface area contributed by atoms with Crippen LogP contribution in [0.4, 0.5) is 29.2 Å². The van der Waals surface area contributed by atoms with E-state index in [0.717, 1.165) is 41.1 Å². The molecule has 0 aliphatic rings. The minimum Gasteiger partial charge on any atom is -0.384 e. The summed E-state index contributed by atoms with van der Waals surface area (Å²) in [4.78, 5) is 21.2.